The van der Waals surface area contributed by atoms with E-state index in [1.165, 1.54) is 0 Å². The summed E-state index contributed by atoms with van der Waals surface area (Å²) >= 11 is 0. The number of aliphatic hydroxyl groups is 1. The third-order valence-electron chi connectivity index (χ3n) is 4.71. The maximum Gasteiger partial charge on any atom is 0.397 e. The van der Waals surface area contributed by atoms with Gasteiger partial charge in [0.25, 0.3) is 0 Å². The lowest BCUT2D eigenvalue weighted by atomic mass is 9.98. The molecule has 33 heavy (non-hydrogen) atoms. The minimum atomic E-state index is -5.24. The number of azide groups is 1. The van der Waals surface area contributed by atoms with Crippen molar-refractivity contribution in [1.29, 1.82) is 0 Å². The van der Waals surface area contributed by atoms with Crippen LogP contribution < -0.4 is 0 Å². The summed E-state index contributed by atoms with van der Waals surface area (Å²) in [6.45, 7) is -0.681. The highest BCUT2D eigenvalue weighted by Gasteiger charge is 2.51. The van der Waals surface area contributed by atoms with Crippen LogP contribution in [0.25, 0.3) is 21.2 Å². The van der Waals surface area contributed by atoms with Crippen LogP contribution in [0.4, 0.5) is 0 Å². The van der Waals surface area contributed by atoms with Gasteiger partial charge in [0.05, 0.1) is 19.3 Å². The molecule has 0 aliphatic carbocycles. The van der Waals surface area contributed by atoms with Crippen LogP contribution in [0.1, 0.15) is 5.56 Å². The summed E-state index contributed by atoms with van der Waals surface area (Å²) in [4.78, 5) is 2.56. The molecule has 3 N–H and O–H groups in total. The molecule has 2 aromatic rings. The molecule has 1 aliphatic rings. The molecule has 14 nitrogen and oxygen atoms in total. The number of aliphatic hydroxyl groups excluding tert-OH is 1. The molecule has 3 rings (SSSR count). The summed E-state index contributed by atoms with van der Waals surface area (Å²) in [6, 6.07) is 12.6. The highest BCUT2D eigenvalue weighted by atomic mass is 32.3. The Hall–Kier alpha value is -2.37. The lowest BCUT2D eigenvalue weighted by Gasteiger charge is -2.42. The van der Waals surface area contributed by atoms with Gasteiger partial charge in [-0.2, -0.15) is 16.8 Å². The Morgan fingerprint density at radius 1 is 0.970 bits per heavy atom. The Morgan fingerprint density at radius 3 is 2.27 bits per heavy atom. The van der Waals surface area contributed by atoms with Crippen LogP contribution in [0.2, 0.25) is 0 Å². The molecule has 0 amide bonds. The lowest BCUT2D eigenvalue weighted by molar-refractivity contribution is -0.278. The zero-order chi connectivity index (χ0) is 24.2. The number of benzene rings is 2. The largest absolute Gasteiger partial charge is 0.397 e. The molecule has 1 aliphatic heterocycles. The first-order chi connectivity index (χ1) is 15.5. The Kier molecular flexibility index (Phi) is 7.86. The maximum absolute atomic E-state index is 11.4. The van der Waals surface area contributed by atoms with Crippen LogP contribution >= 0.6 is 0 Å². The van der Waals surface area contributed by atoms with Crippen molar-refractivity contribution in [3.05, 3.63) is 58.5 Å². The molecular weight excluding hydrogens is 486 g/mol. The fraction of sp³-hybridized carbons (Fsp3) is 0.412. The Bertz CT molecular complexity index is 1240. The minimum absolute atomic E-state index is 0.192. The van der Waals surface area contributed by atoms with Gasteiger partial charge in [0.2, 0.25) is 0 Å². The smallest absolute Gasteiger partial charge is 0.368 e. The number of nitrogens with zero attached hydrogens (tertiary/aromatic N) is 3. The number of fused-ring (bicyclic) bond motifs is 1. The van der Waals surface area contributed by atoms with Crippen molar-refractivity contribution in [3.63, 3.8) is 0 Å². The molecule has 2 aromatic carbocycles. The fourth-order valence-corrected chi connectivity index (χ4v) is 4.44. The van der Waals surface area contributed by atoms with E-state index >= 15 is 0 Å². The SMILES string of the molecule is [N-]=[N+]=NC[C@H]1O[C@H](O)[C@@H](OS(=O)(=O)O)[C@@H](OS(=O)(=O)O)[C@@H]1OCc1cccc2ccccc12. The molecule has 0 spiro atoms. The summed E-state index contributed by atoms with van der Waals surface area (Å²) < 4.78 is 83.4. The molecule has 180 valence electrons. The van der Waals surface area contributed by atoms with Gasteiger partial charge in [0.15, 0.2) is 12.4 Å². The van der Waals surface area contributed by atoms with E-state index in [0.29, 0.717) is 5.56 Å². The summed E-state index contributed by atoms with van der Waals surface area (Å²) in [7, 11) is -10.5. The van der Waals surface area contributed by atoms with Crippen LogP contribution in [0.3, 0.4) is 0 Å². The van der Waals surface area contributed by atoms with Crippen LogP contribution in [-0.4, -0.2) is 68.3 Å². The monoisotopic (exact) mass is 505 g/mol. The molecule has 1 fully saturated rings. The van der Waals surface area contributed by atoms with E-state index in [-0.39, 0.29) is 6.61 Å². The second kappa shape index (κ2) is 10.3. The number of rotatable bonds is 9. The second-order valence-electron chi connectivity index (χ2n) is 6.87. The standard InChI is InChI=1S/C17H19N3O11S2/c18-20-19-8-13-14(28-9-11-6-3-5-10-4-1-2-7-12(10)11)15(30-32(22,23)24)16(17(21)29-13)31-33(25,26)27/h1-7,13-17,21H,8-9H2,(H,22,23,24)(H,25,26,27)/t13-,14-,15+,16+,17+/m1/s1. The minimum Gasteiger partial charge on any atom is -0.368 e. The highest BCUT2D eigenvalue weighted by molar-refractivity contribution is 7.81. The third kappa shape index (κ3) is 6.81. The molecular formula is C17H19N3O11S2. The normalized spacial score (nSPS) is 26.1. The van der Waals surface area contributed by atoms with Gasteiger partial charge in [-0.05, 0) is 21.9 Å². The van der Waals surface area contributed by atoms with E-state index < -0.39 is 58.0 Å². The summed E-state index contributed by atoms with van der Waals surface area (Å²) in [5.74, 6) is 0. The molecule has 5 atom stereocenters. The number of ether oxygens (including phenoxy) is 2. The summed E-state index contributed by atoms with van der Waals surface area (Å²) in [5.41, 5.74) is 9.27. The molecule has 1 heterocycles. The van der Waals surface area contributed by atoms with E-state index in [9.17, 15) is 26.5 Å². The molecule has 0 bridgehead atoms. The number of hydrogen-bond acceptors (Lipinski definition) is 10. The zero-order valence-electron chi connectivity index (χ0n) is 16.6. The molecule has 16 heteroatoms. The first kappa shape index (κ1) is 25.3. The van der Waals surface area contributed by atoms with Crippen LogP contribution in [0.15, 0.2) is 47.6 Å². The molecule has 0 saturated carbocycles. The van der Waals surface area contributed by atoms with E-state index in [1.807, 2.05) is 24.3 Å². The van der Waals surface area contributed by atoms with Crippen LogP contribution in [0.5, 0.6) is 0 Å². The summed E-state index contributed by atoms with van der Waals surface area (Å²) in [6.07, 6.45) is -9.26. The zero-order valence-corrected chi connectivity index (χ0v) is 18.2. The van der Waals surface area contributed by atoms with Crippen molar-refractivity contribution in [3.8, 4) is 0 Å². The fourth-order valence-electron chi connectivity index (χ4n) is 3.46. The van der Waals surface area contributed by atoms with Crippen molar-refractivity contribution in [2.24, 2.45) is 5.11 Å². The highest BCUT2D eigenvalue weighted by Crippen LogP contribution is 2.30. The second-order valence-corrected chi connectivity index (χ2v) is 8.97. The van der Waals surface area contributed by atoms with Gasteiger partial charge >= 0.3 is 20.8 Å². The van der Waals surface area contributed by atoms with Gasteiger partial charge in [0, 0.05) is 4.91 Å². The van der Waals surface area contributed by atoms with E-state index in [1.54, 1.807) is 18.2 Å². The average molecular weight is 505 g/mol. The van der Waals surface area contributed by atoms with Gasteiger partial charge < -0.3 is 14.6 Å². The average Bonchev–Trinajstić information content (AvgIpc) is 2.72. The number of hydrogen-bond donors (Lipinski definition) is 3. The third-order valence-corrected chi connectivity index (χ3v) is 5.64. The van der Waals surface area contributed by atoms with Crippen LogP contribution in [-0.2, 0) is 45.2 Å². The Labute approximate surface area is 188 Å². The molecule has 1 saturated heterocycles. The first-order valence-electron chi connectivity index (χ1n) is 9.22. The Balaban J connectivity index is 1.98. The van der Waals surface area contributed by atoms with Gasteiger partial charge in [-0.3, -0.25) is 9.11 Å². The quantitative estimate of drug-likeness (QED) is 0.190. The van der Waals surface area contributed by atoms with Gasteiger partial charge in [-0.1, -0.05) is 47.6 Å². The van der Waals surface area contributed by atoms with Gasteiger partial charge in [0.1, 0.15) is 12.2 Å². The van der Waals surface area contributed by atoms with Gasteiger partial charge in [-0.25, -0.2) is 8.37 Å². The Morgan fingerprint density at radius 2 is 1.61 bits per heavy atom. The molecule has 0 aromatic heterocycles. The maximum atomic E-state index is 11.4. The van der Waals surface area contributed by atoms with Crippen molar-refractivity contribution in [1.82, 2.24) is 0 Å². The van der Waals surface area contributed by atoms with Crippen molar-refractivity contribution < 1.29 is 48.9 Å². The first-order valence-corrected chi connectivity index (χ1v) is 12.0. The predicted octanol–water partition coefficient (Wildman–Crippen LogP) is 1.13. The van der Waals surface area contributed by atoms with Crippen molar-refractivity contribution >= 4 is 31.6 Å². The van der Waals surface area contributed by atoms with E-state index in [2.05, 4.69) is 18.4 Å². The predicted molar refractivity (Wildman–Crippen MR) is 110 cm³/mol. The van der Waals surface area contributed by atoms with E-state index in [0.717, 1.165) is 10.8 Å². The van der Waals surface area contributed by atoms with Crippen molar-refractivity contribution in [2.45, 2.75) is 37.3 Å². The van der Waals surface area contributed by atoms with Crippen molar-refractivity contribution in [2.75, 3.05) is 6.54 Å². The van der Waals surface area contributed by atoms with Crippen LogP contribution in [0, 0.1) is 0 Å². The lowest BCUT2D eigenvalue weighted by Crippen LogP contribution is -2.61. The summed E-state index contributed by atoms with van der Waals surface area (Å²) in [5, 5.41) is 15.1. The molecule has 0 radical (unpaired) electrons. The topological polar surface area (TPSA) is 215 Å². The molecule has 0 unspecified atom stereocenters. The van der Waals surface area contributed by atoms with Gasteiger partial charge in [-0.15, -0.1) is 0 Å². The van der Waals surface area contributed by atoms with E-state index in [4.69, 9.17) is 19.6 Å².